The smallest absolute Gasteiger partial charge is 0.258 e. The predicted octanol–water partition coefficient (Wildman–Crippen LogP) is 3.22. The summed E-state index contributed by atoms with van der Waals surface area (Å²) in [5.74, 6) is -0.364. The Kier molecular flexibility index (Phi) is 2.64. The third-order valence-electron chi connectivity index (χ3n) is 3.61. The number of benzene rings is 1. The molecule has 1 aromatic carbocycles. The first-order valence-corrected chi connectivity index (χ1v) is 7.08. The second kappa shape index (κ2) is 4.10. The molecule has 19 heavy (non-hydrogen) atoms. The van der Waals surface area contributed by atoms with E-state index in [1.54, 1.807) is 6.07 Å². The predicted molar refractivity (Wildman–Crippen MR) is 79.8 cm³/mol. The second-order valence-electron chi connectivity index (χ2n) is 5.49. The van der Waals surface area contributed by atoms with Gasteiger partial charge in [0.1, 0.15) is 0 Å². The van der Waals surface area contributed by atoms with E-state index in [1.807, 2.05) is 6.07 Å². The molecule has 0 saturated heterocycles. The van der Waals surface area contributed by atoms with Crippen molar-refractivity contribution in [1.82, 2.24) is 0 Å². The van der Waals surface area contributed by atoms with Crippen molar-refractivity contribution in [3.8, 4) is 10.4 Å². The fraction of sp³-hybridized carbons (Fsp3) is 0.267. The monoisotopic (exact) mass is 272 g/mol. The minimum Gasteiger partial charge on any atom is -0.383 e. The third kappa shape index (κ3) is 1.92. The molecule has 0 saturated carbocycles. The van der Waals surface area contributed by atoms with Crippen LogP contribution in [-0.2, 0) is 5.41 Å². The van der Waals surface area contributed by atoms with Gasteiger partial charge in [-0.15, -0.1) is 11.3 Å². The van der Waals surface area contributed by atoms with Gasteiger partial charge in [-0.1, -0.05) is 32.0 Å². The van der Waals surface area contributed by atoms with Crippen LogP contribution in [-0.4, -0.2) is 12.5 Å². The summed E-state index contributed by atoms with van der Waals surface area (Å²) in [6.45, 7) is 5.41. The van der Waals surface area contributed by atoms with E-state index >= 15 is 0 Å². The minimum atomic E-state index is -0.364. The average Bonchev–Trinajstić information content (AvgIpc) is 2.95. The van der Waals surface area contributed by atoms with Crippen LogP contribution in [0.5, 0.6) is 0 Å². The van der Waals surface area contributed by atoms with E-state index in [9.17, 15) is 4.79 Å². The summed E-state index contributed by atoms with van der Waals surface area (Å²) in [7, 11) is 0. The number of hydrogen-bond donors (Lipinski definition) is 2. The van der Waals surface area contributed by atoms with Gasteiger partial charge in [0, 0.05) is 28.1 Å². The molecule has 1 aliphatic heterocycles. The standard InChI is InChI=1S/C15H16N2OS/c1-15(2)8-17-13-9(4-3-5-10(13)15)11-6-7-12(19-11)14(16)18/h3-7,17H,8H2,1-2H3,(H2,16,18). The van der Waals surface area contributed by atoms with Gasteiger partial charge in [-0.3, -0.25) is 4.79 Å². The highest BCUT2D eigenvalue weighted by atomic mass is 32.1. The molecule has 2 aromatic rings. The number of carbonyl (C=O) groups excluding carboxylic acids is 1. The van der Waals surface area contributed by atoms with Crippen LogP contribution in [0.2, 0.25) is 0 Å². The number of thiophene rings is 1. The Morgan fingerprint density at radius 3 is 2.79 bits per heavy atom. The van der Waals surface area contributed by atoms with Crippen LogP contribution in [0.25, 0.3) is 10.4 Å². The Morgan fingerprint density at radius 2 is 2.11 bits per heavy atom. The van der Waals surface area contributed by atoms with Crippen molar-refractivity contribution in [3.05, 3.63) is 40.8 Å². The summed E-state index contributed by atoms with van der Waals surface area (Å²) < 4.78 is 0. The highest BCUT2D eigenvalue weighted by molar-refractivity contribution is 7.17. The molecule has 2 heterocycles. The summed E-state index contributed by atoms with van der Waals surface area (Å²) in [4.78, 5) is 12.9. The van der Waals surface area contributed by atoms with Crippen LogP contribution in [0, 0.1) is 0 Å². The maximum Gasteiger partial charge on any atom is 0.258 e. The zero-order chi connectivity index (χ0) is 13.6. The number of primary amides is 1. The summed E-state index contributed by atoms with van der Waals surface area (Å²) in [6, 6.07) is 10.1. The second-order valence-corrected chi connectivity index (χ2v) is 6.58. The number of fused-ring (bicyclic) bond motifs is 1. The summed E-state index contributed by atoms with van der Waals surface area (Å²) in [5, 5.41) is 3.49. The molecule has 0 atom stereocenters. The van der Waals surface area contributed by atoms with E-state index in [4.69, 9.17) is 5.73 Å². The molecular weight excluding hydrogens is 256 g/mol. The Balaban J connectivity index is 2.12. The highest BCUT2D eigenvalue weighted by Gasteiger charge is 2.31. The van der Waals surface area contributed by atoms with E-state index in [1.165, 1.54) is 22.6 Å². The van der Waals surface area contributed by atoms with Crippen LogP contribution in [0.4, 0.5) is 5.69 Å². The number of nitrogens with one attached hydrogen (secondary N) is 1. The molecule has 1 amide bonds. The van der Waals surface area contributed by atoms with E-state index in [0.717, 1.165) is 17.0 Å². The Hall–Kier alpha value is -1.81. The molecule has 0 radical (unpaired) electrons. The first-order chi connectivity index (χ1) is 8.99. The van der Waals surface area contributed by atoms with Gasteiger partial charge in [-0.25, -0.2) is 0 Å². The molecule has 3 rings (SSSR count). The molecule has 1 aromatic heterocycles. The van der Waals surface area contributed by atoms with E-state index in [-0.39, 0.29) is 11.3 Å². The molecule has 4 heteroatoms. The molecule has 0 aliphatic carbocycles. The van der Waals surface area contributed by atoms with E-state index in [2.05, 4.69) is 37.4 Å². The normalized spacial score (nSPS) is 15.9. The van der Waals surface area contributed by atoms with E-state index < -0.39 is 0 Å². The van der Waals surface area contributed by atoms with Crippen LogP contribution < -0.4 is 11.1 Å². The van der Waals surface area contributed by atoms with E-state index in [0.29, 0.717) is 4.88 Å². The number of carbonyl (C=O) groups is 1. The number of nitrogens with two attached hydrogens (primary N) is 1. The number of amides is 1. The number of para-hydroxylation sites is 1. The molecule has 0 spiro atoms. The lowest BCUT2D eigenvalue weighted by Gasteiger charge is -2.17. The lowest BCUT2D eigenvalue weighted by Crippen LogP contribution is -2.18. The van der Waals surface area contributed by atoms with Crippen molar-refractivity contribution in [2.24, 2.45) is 5.73 Å². The molecule has 0 fully saturated rings. The minimum absolute atomic E-state index is 0.148. The average molecular weight is 272 g/mol. The third-order valence-corrected chi connectivity index (χ3v) is 4.75. The van der Waals surface area contributed by atoms with Crippen molar-refractivity contribution in [2.75, 3.05) is 11.9 Å². The Bertz CT molecular complexity index is 658. The van der Waals surface area contributed by atoms with Gasteiger partial charge >= 0.3 is 0 Å². The Labute approximate surface area is 116 Å². The molecule has 3 nitrogen and oxygen atoms in total. The van der Waals surface area contributed by atoms with Crippen LogP contribution >= 0.6 is 11.3 Å². The fourth-order valence-corrected chi connectivity index (χ4v) is 3.42. The number of rotatable bonds is 2. The molecule has 3 N–H and O–H groups in total. The molecule has 1 aliphatic rings. The highest BCUT2D eigenvalue weighted by Crippen LogP contribution is 2.43. The van der Waals surface area contributed by atoms with Gasteiger partial charge in [0.25, 0.3) is 5.91 Å². The summed E-state index contributed by atoms with van der Waals surface area (Å²) >= 11 is 1.45. The van der Waals surface area contributed by atoms with Gasteiger partial charge in [0.15, 0.2) is 0 Å². The maximum absolute atomic E-state index is 11.2. The van der Waals surface area contributed by atoms with Gasteiger partial charge < -0.3 is 11.1 Å². The van der Waals surface area contributed by atoms with Gasteiger partial charge in [-0.05, 0) is 17.7 Å². The lowest BCUT2D eigenvalue weighted by molar-refractivity contribution is 0.100. The largest absolute Gasteiger partial charge is 0.383 e. The van der Waals surface area contributed by atoms with Crippen molar-refractivity contribution < 1.29 is 4.79 Å². The van der Waals surface area contributed by atoms with Crippen LogP contribution in [0.15, 0.2) is 30.3 Å². The Morgan fingerprint density at radius 1 is 1.32 bits per heavy atom. The van der Waals surface area contributed by atoms with Crippen molar-refractivity contribution in [1.29, 1.82) is 0 Å². The summed E-state index contributed by atoms with van der Waals surface area (Å²) in [5.41, 5.74) is 9.14. The molecule has 98 valence electrons. The molecule has 0 bridgehead atoms. The zero-order valence-electron chi connectivity index (χ0n) is 11.0. The molecular formula is C15H16N2OS. The fourth-order valence-electron chi connectivity index (χ4n) is 2.53. The van der Waals surface area contributed by atoms with Crippen LogP contribution in [0.3, 0.4) is 0 Å². The zero-order valence-corrected chi connectivity index (χ0v) is 11.8. The number of anilines is 1. The first kappa shape index (κ1) is 12.2. The SMILES string of the molecule is CC1(C)CNc2c(-c3ccc(C(N)=O)s3)cccc21. The quantitative estimate of drug-likeness (QED) is 0.882. The van der Waals surface area contributed by atoms with Crippen molar-refractivity contribution in [3.63, 3.8) is 0 Å². The maximum atomic E-state index is 11.2. The van der Waals surface area contributed by atoms with Crippen molar-refractivity contribution in [2.45, 2.75) is 19.3 Å². The molecule has 0 unspecified atom stereocenters. The van der Waals surface area contributed by atoms with Crippen LogP contribution in [0.1, 0.15) is 29.1 Å². The number of hydrogen-bond acceptors (Lipinski definition) is 3. The summed E-state index contributed by atoms with van der Waals surface area (Å²) in [6.07, 6.45) is 0. The van der Waals surface area contributed by atoms with Gasteiger partial charge in [-0.2, -0.15) is 0 Å². The topological polar surface area (TPSA) is 55.1 Å². The van der Waals surface area contributed by atoms with Gasteiger partial charge in [0.2, 0.25) is 0 Å². The lowest BCUT2D eigenvalue weighted by atomic mass is 9.86. The van der Waals surface area contributed by atoms with Crippen molar-refractivity contribution >= 4 is 22.9 Å². The van der Waals surface area contributed by atoms with Gasteiger partial charge in [0.05, 0.1) is 4.88 Å². The first-order valence-electron chi connectivity index (χ1n) is 6.26.